The van der Waals surface area contributed by atoms with Crippen LogP contribution in [0.1, 0.15) is 45.3 Å². The molecule has 138 valence electrons. The van der Waals surface area contributed by atoms with Gasteiger partial charge in [-0.05, 0) is 26.0 Å². The molecule has 0 saturated carbocycles. The molecule has 0 spiro atoms. The molecule has 8 heteroatoms. The van der Waals surface area contributed by atoms with E-state index in [1.54, 1.807) is 26.4 Å². The Bertz CT molecular complexity index is 841. The van der Waals surface area contributed by atoms with E-state index in [0.29, 0.717) is 17.8 Å². The summed E-state index contributed by atoms with van der Waals surface area (Å²) in [5.74, 6) is 1.04. The number of aromatic nitrogens is 3. The van der Waals surface area contributed by atoms with Crippen LogP contribution in [-0.4, -0.2) is 59.1 Å². The van der Waals surface area contributed by atoms with E-state index in [-0.39, 0.29) is 11.9 Å². The summed E-state index contributed by atoms with van der Waals surface area (Å²) in [4.78, 5) is 36.5. The topological polar surface area (TPSA) is 80.6 Å². The van der Waals surface area contributed by atoms with Crippen molar-refractivity contribution in [2.24, 2.45) is 0 Å². The number of fused-ring (bicyclic) bond motifs is 1. The van der Waals surface area contributed by atoms with Gasteiger partial charge in [0, 0.05) is 32.9 Å². The normalized spacial score (nSPS) is 16.2. The van der Waals surface area contributed by atoms with Crippen molar-refractivity contribution in [2.45, 2.75) is 26.4 Å². The average molecular weight is 357 g/mol. The lowest BCUT2D eigenvalue weighted by molar-refractivity contribution is 0.0592. The van der Waals surface area contributed by atoms with Crippen LogP contribution in [0.4, 0.5) is 5.82 Å². The molecule has 0 radical (unpaired) electrons. The van der Waals surface area contributed by atoms with E-state index in [0.717, 1.165) is 23.9 Å². The van der Waals surface area contributed by atoms with Crippen molar-refractivity contribution in [1.82, 2.24) is 19.4 Å². The average Bonchev–Trinajstić information content (AvgIpc) is 2.97. The molecule has 3 heterocycles. The highest BCUT2D eigenvalue weighted by Crippen LogP contribution is 2.29. The number of methoxy groups -OCH3 is 1. The second-order valence-electron chi connectivity index (χ2n) is 6.65. The van der Waals surface area contributed by atoms with E-state index in [4.69, 9.17) is 4.74 Å². The summed E-state index contributed by atoms with van der Waals surface area (Å²) in [5, 5.41) is 0. The van der Waals surface area contributed by atoms with Gasteiger partial charge in [-0.15, -0.1) is 0 Å². The van der Waals surface area contributed by atoms with E-state index in [1.807, 2.05) is 13.0 Å². The fourth-order valence-electron chi connectivity index (χ4n) is 3.36. The van der Waals surface area contributed by atoms with Crippen molar-refractivity contribution in [3.8, 4) is 0 Å². The third-order valence-electron chi connectivity index (χ3n) is 4.56. The first-order chi connectivity index (χ1) is 12.3. The lowest BCUT2D eigenvalue weighted by atomic mass is 10.1. The zero-order valence-electron chi connectivity index (χ0n) is 15.7. The second-order valence-corrected chi connectivity index (χ2v) is 6.65. The van der Waals surface area contributed by atoms with Crippen molar-refractivity contribution in [3.63, 3.8) is 0 Å². The number of carbonyl (C=O) groups excluding carboxylic acids is 2. The molecule has 0 bridgehead atoms. The van der Waals surface area contributed by atoms with Gasteiger partial charge in [0.05, 0.1) is 24.9 Å². The molecule has 0 fully saturated rings. The monoisotopic (exact) mass is 357 g/mol. The molecule has 0 aromatic carbocycles. The van der Waals surface area contributed by atoms with Crippen LogP contribution in [0.5, 0.6) is 0 Å². The molecule has 0 aliphatic carbocycles. The predicted molar refractivity (Wildman–Crippen MR) is 96.3 cm³/mol. The minimum atomic E-state index is -0.434. The second kappa shape index (κ2) is 6.78. The molecule has 2 aromatic heterocycles. The maximum Gasteiger partial charge on any atom is 0.358 e. The number of ether oxygens (including phenoxy) is 1. The zero-order chi connectivity index (χ0) is 19.0. The summed E-state index contributed by atoms with van der Waals surface area (Å²) in [6, 6.07) is 3.74. The first-order valence-electron chi connectivity index (χ1n) is 8.42. The SMILES string of the molecule is COC(=O)c1nc(C)n2c1CN(c1ccc(C(=O)N(C)C)cn1)C[C@@H]2C. The molecular formula is C18H23N5O3. The molecule has 0 N–H and O–H groups in total. The van der Waals surface area contributed by atoms with Gasteiger partial charge < -0.3 is 19.1 Å². The third kappa shape index (κ3) is 3.02. The maximum absolute atomic E-state index is 12.1. The number of rotatable bonds is 3. The highest BCUT2D eigenvalue weighted by Gasteiger charge is 2.30. The molecule has 1 atom stereocenters. The number of hydrogen-bond donors (Lipinski definition) is 0. The van der Waals surface area contributed by atoms with E-state index >= 15 is 0 Å². The number of pyridine rings is 1. The summed E-state index contributed by atoms with van der Waals surface area (Å²) in [6.45, 7) is 5.21. The van der Waals surface area contributed by atoms with Crippen LogP contribution < -0.4 is 4.90 Å². The van der Waals surface area contributed by atoms with Crippen LogP contribution in [0.25, 0.3) is 0 Å². The highest BCUT2D eigenvalue weighted by molar-refractivity contribution is 5.93. The summed E-state index contributed by atoms with van der Waals surface area (Å²) < 4.78 is 6.94. The number of amides is 1. The maximum atomic E-state index is 12.1. The molecular weight excluding hydrogens is 334 g/mol. The van der Waals surface area contributed by atoms with Crippen molar-refractivity contribution in [3.05, 3.63) is 41.1 Å². The standard InChI is InChI=1S/C18H23N5O3/c1-11-9-22(15-7-6-13(8-19-15)17(24)21(3)4)10-14-16(18(25)26-5)20-12(2)23(11)14/h6-8,11H,9-10H2,1-5H3/t11-/m0/s1. The van der Waals surface area contributed by atoms with Gasteiger partial charge >= 0.3 is 5.97 Å². The number of imidazole rings is 1. The number of nitrogens with zero attached hydrogens (tertiary/aromatic N) is 5. The van der Waals surface area contributed by atoms with Crippen molar-refractivity contribution < 1.29 is 14.3 Å². The van der Waals surface area contributed by atoms with Crippen LogP contribution in [0.15, 0.2) is 18.3 Å². The van der Waals surface area contributed by atoms with Crippen LogP contribution >= 0.6 is 0 Å². The van der Waals surface area contributed by atoms with Gasteiger partial charge in [-0.3, -0.25) is 4.79 Å². The Morgan fingerprint density at radius 2 is 2.04 bits per heavy atom. The highest BCUT2D eigenvalue weighted by atomic mass is 16.5. The van der Waals surface area contributed by atoms with E-state index in [2.05, 4.69) is 26.4 Å². The first-order valence-corrected chi connectivity index (χ1v) is 8.42. The number of hydrogen-bond acceptors (Lipinski definition) is 6. The van der Waals surface area contributed by atoms with Crippen LogP contribution in [0.3, 0.4) is 0 Å². The molecule has 26 heavy (non-hydrogen) atoms. The largest absolute Gasteiger partial charge is 0.464 e. The van der Waals surface area contributed by atoms with Gasteiger partial charge in [0.25, 0.3) is 5.91 Å². The molecule has 2 aromatic rings. The van der Waals surface area contributed by atoms with Crippen molar-refractivity contribution in [1.29, 1.82) is 0 Å². The Hall–Kier alpha value is -2.90. The Morgan fingerprint density at radius 3 is 2.62 bits per heavy atom. The molecule has 0 unspecified atom stereocenters. The smallest absolute Gasteiger partial charge is 0.358 e. The predicted octanol–water partition coefficient (Wildman–Crippen LogP) is 1.66. The fraction of sp³-hybridized carbons (Fsp3) is 0.444. The van der Waals surface area contributed by atoms with Crippen molar-refractivity contribution >= 4 is 17.7 Å². The van der Waals surface area contributed by atoms with Gasteiger partial charge in [0.1, 0.15) is 11.6 Å². The summed E-state index contributed by atoms with van der Waals surface area (Å²) in [5.41, 5.74) is 1.71. The van der Waals surface area contributed by atoms with Crippen LogP contribution in [0.2, 0.25) is 0 Å². The van der Waals surface area contributed by atoms with E-state index < -0.39 is 5.97 Å². The lowest BCUT2D eigenvalue weighted by Gasteiger charge is -2.34. The van der Waals surface area contributed by atoms with Gasteiger partial charge in [0.2, 0.25) is 0 Å². The molecule has 0 saturated heterocycles. The number of esters is 1. The van der Waals surface area contributed by atoms with Crippen LogP contribution in [0, 0.1) is 6.92 Å². The van der Waals surface area contributed by atoms with Gasteiger partial charge in [-0.2, -0.15) is 0 Å². The molecule has 3 rings (SSSR count). The number of aryl methyl sites for hydroxylation is 1. The quantitative estimate of drug-likeness (QED) is 0.777. The molecule has 1 aliphatic heterocycles. The lowest BCUT2D eigenvalue weighted by Crippen LogP contribution is -2.37. The van der Waals surface area contributed by atoms with Crippen molar-refractivity contribution in [2.75, 3.05) is 32.6 Å². The minimum absolute atomic E-state index is 0.0854. The Balaban J connectivity index is 1.91. The first kappa shape index (κ1) is 17.9. The number of carbonyl (C=O) groups is 2. The Labute approximate surface area is 152 Å². The summed E-state index contributed by atoms with van der Waals surface area (Å²) >= 11 is 0. The number of anilines is 1. The van der Waals surface area contributed by atoms with E-state index in [9.17, 15) is 9.59 Å². The molecule has 1 amide bonds. The summed E-state index contributed by atoms with van der Waals surface area (Å²) in [7, 11) is 4.77. The van der Waals surface area contributed by atoms with Gasteiger partial charge in [-0.1, -0.05) is 0 Å². The molecule has 1 aliphatic rings. The third-order valence-corrected chi connectivity index (χ3v) is 4.56. The fourth-order valence-corrected chi connectivity index (χ4v) is 3.36. The van der Waals surface area contributed by atoms with E-state index in [1.165, 1.54) is 12.0 Å². The Kier molecular flexibility index (Phi) is 4.67. The minimum Gasteiger partial charge on any atom is -0.464 e. The summed E-state index contributed by atoms with van der Waals surface area (Å²) in [6.07, 6.45) is 1.58. The van der Waals surface area contributed by atoms with Gasteiger partial charge in [0.15, 0.2) is 5.69 Å². The van der Waals surface area contributed by atoms with Gasteiger partial charge in [-0.25, -0.2) is 14.8 Å². The molecule has 8 nitrogen and oxygen atoms in total. The van der Waals surface area contributed by atoms with Crippen LogP contribution in [-0.2, 0) is 11.3 Å². The zero-order valence-corrected chi connectivity index (χ0v) is 15.7. The Morgan fingerprint density at radius 1 is 1.31 bits per heavy atom.